The lowest BCUT2D eigenvalue weighted by atomic mass is 9.95. The third kappa shape index (κ3) is 4.87. The molecular formula is C23H29N3O2S. The zero-order valence-corrected chi connectivity index (χ0v) is 17.6. The van der Waals surface area contributed by atoms with Crippen molar-refractivity contribution >= 4 is 23.2 Å². The van der Waals surface area contributed by atoms with Crippen molar-refractivity contribution in [3.8, 4) is 0 Å². The molecule has 0 bridgehead atoms. The minimum atomic E-state index is -0.00242. The Balaban J connectivity index is 1.30. The van der Waals surface area contributed by atoms with E-state index < -0.39 is 0 Å². The number of hydrogen-bond acceptors (Lipinski definition) is 4. The van der Waals surface area contributed by atoms with Crippen molar-refractivity contribution in [2.75, 3.05) is 32.7 Å². The van der Waals surface area contributed by atoms with Crippen LogP contribution in [0.4, 0.5) is 0 Å². The summed E-state index contributed by atoms with van der Waals surface area (Å²) >= 11 is 1.48. The van der Waals surface area contributed by atoms with Crippen molar-refractivity contribution in [3.05, 3.63) is 58.3 Å². The fourth-order valence-electron chi connectivity index (χ4n) is 4.43. The molecule has 1 N–H and O–H groups in total. The number of carbonyl (C=O) groups is 2. The summed E-state index contributed by atoms with van der Waals surface area (Å²) in [5, 5.41) is 5.15. The van der Waals surface area contributed by atoms with Gasteiger partial charge in [-0.3, -0.25) is 14.5 Å². The SMILES string of the molecule is O=C(NCC(c1ccccc1)N1CCCC1)C1CCN(C(=O)c2cccs2)CC1. The average Bonchev–Trinajstić information content (AvgIpc) is 3.49. The number of carbonyl (C=O) groups excluding carboxylic acids is 2. The maximum atomic E-state index is 12.8. The molecule has 3 heterocycles. The molecule has 2 amide bonds. The molecular weight excluding hydrogens is 382 g/mol. The zero-order valence-electron chi connectivity index (χ0n) is 16.8. The normalized spacial score (nSPS) is 19.2. The van der Waals surface area contributed by atoms with Crippen LogP contribution < -0.4 is 5.32 Å². The molecule has 0 aliphatic carbocycles. The molecule has 1 aromatic heterocycles. The standard InChI is InChI=1S/C23H29N3O2S/c27-22(19-10-14-26(15-11-19)23(28)21-9-6-16-29-21)24-17-20(25-12-4-5-13-25)18-7-2-1-3-8-18/h1-3,6-9,16,19-20H,4-5,10-15,17H2,(H,24,27). The summed E-state index contributed by atoms with van der Waals surface area (Å²) in [6.07, 6.45) is 3.94. The summed E-state index contributed by atoms with van der Waals surface area (Å²) in [4.78, 5) is 30.5. The molecule has 2 saturated heterocycles. The molecule has 154 valence electrons. The van der Waals surface area contributed by atoms with Gasteiger partial charge < -0.3 is 10.2 Å². The number of likely N-dealkylation sites (tertiary alicyclic amines) is 2. The second kappa shape index (κ2) is 9.55. The van der Waals surface area contributed by atoms with E-state index in [4.69, 9.17) is 0 Å². The maximum absolute atomic E-state index is 12.8. The van der Waals surface area contributed by atoms with E-state index in [2.05, 4.69) is 34.5 Å². The van der Waals surface area contributed by atoms with Crippen molar-refractivity contribution in [2.24, 2.45) is 5.92 Å². The van der Waals surface area contributed by atoms with Crippen LogP contribution in [0.2, 0.25) is 0 Å². The number of nitrogens with one attached hydrogen (secondary N) is 1. The van der Waals surface area contributed by atoms with Crippen LogP contribution in [0.15, 0.2) is 47.8 Å². The van der Waals surface area contributed by atoms with Gasteiger partial charge >= 0.3 is 0 Å². The summed E-state index contributed by atoms with van der Waals surface area (Å²) < 4.78 is 0. The molecule has 1 unspecified atom stereocenters. The Hall–Kier alpha value is -2.18. The molecule has 1 atom stereocenters. The van der Waals surface area contributed by atoms with Gasteiger partial charge in [0.1, 0.15) is 0 Å². The fraction of sp³-hybridized carbons (Fsp3) is 0.478. The number of piperidine rings is 1. The molecule has 6 heteroatoms. The van der Waals surface area contributed by atoms with Crippen LogP contribution in [0.25, 0.3) is 0 Å². The van der Waals surface area contributed by atoms with E-state index >= 15 is 0 Å². The Bertz CT molecular complexity index is 795. The molecule has 2 aliphatic heterocycles. The number of thiophene rings is 1. The third-order valence-electron chi connectivity index (χ3n) is 6.12. The predicted octanol–water partition coefficient (Wildman–Crippen LogP) is 3.55. The Kier molecular flexibility index (Phi) is 6.62. The Labute approximate surface area is 176 Å². The van der Waals surface area contributed by atoms with Crippen LogP contribution >= 0.6 is 11.3 Å². The molecule has 0 spiro atoms. The second-order valence-corrected chi connectivity index (χ2v) is 8.91. The highest BCUT2D eigenvalue weighted by atomic mass is 32.1. The van der Waals surface area contributed by atoms with Crippen molar-refractivity contribution in [3.63, 3.8) is 0 Å². The number of nitrogens with zero attached hydrogens (tertiary/aromatic N) is 2. The maximum Gasteiger partial charge on any atom is 0.263 e. The highest BCUT2D eigenvalue weighted by Crippen LogP contribution is 2.25. The van der Waals surface area contributed by atoms with Crippen molar-refractivity contribution in [1.29, 1.82) is 0 Å². The molecule has 1 aromatic carbocycles. The van der Waals surface area contributed by atoms with Gasteiger partial charge in [-0.05, 0) is 55.8 Å². The summed E-state index contributed by atoms with van der Waals surface area (Å²) in [6.45, 7) is 4.15. The van der Waals surface area contributed by atoms with Crippen LogP contribution in [0.5, 0.6) is 0 Å². The zero-order chi connectivity index (χ0) is 20.1. The van der Waals surface area contributed by atoms with Crippen LogP contribution in [-0.2, 0) is 4.79 Å². The number of benzene rings is 1. The number of amides is 2. The second-order valence-electron chi connectivity index (χ2n) is 7.96. The van der Waals surface area contributed by atoms with Gasteiger partial charge in [0.15, 0.2) is 0 Å². The molecule has 5 nitrogen and oxygen atoms in total. The van der Waals surface area contributed by atoms with Gasteiger partial charge in [0, 0.05) is 25.6 Å². The van der Waals surface area contributed by atoms with Crippen LogP contribution in [0.3, 0.4) is 0 Å². The summed E-state index contributed by atoms with van der Waals surface area (Å²) in [7, 11) is 0. The Morgan fingerprint density at radius 3 is 2.38 bits per heavy atom. The molecule has 2 aliphatic rings. The largest absolute Gasteiger partial charge is 0.354 e. The van der Waals surface area contributed by atoms with Gasteiger partial charge in [0.05, 0.1) is 10.9 Å². The average molecular weight is 412 g/mol. The van der Waals surface area contributed by atoms with Crippen LogP contribution in [0.1, 0.15) is 47.0 Å². The van der Waals surface area contributed by atoms with Gasteiger partial charge in [0.2, 0.25) is 5.91 Å². The van der Waals surface area contributed by atoms with E-state index in [-0.39, 0.29) is 23.8 Å². The molecule has 4 rings (SSSR count). The number of rotatable bonds is 6. The van der Waals surface area contributed by atoms with Crippen molar-refractivity contribution < 1.29 is 9.59 Å². The fourth-order valence-corrected chi connectivity index (χ4v) is 5.12. The lowest BCUT2D eigenvalue weighted by molar-refractivity contribution is -0.126. The molecule has 2 aromatic rings. The van der Waals surface area contributed by atoms with Gasteiger partial charge in [0.25, 0.3) is 5.91 Å². The van der Waals surface area contributed by atoms with Gasteiger partial charge in [-0.1, -0.05) is 36.4 Å². The Morgan fingerprint density at radius 1 is 1.00 bits per heavy atom. The highest BCUT2D eigenvalue weighted by Gasteiger charge is 2.29. The molecule has 2 fully saturated rings. The summed E-state index contributed by atoms with van der Waals surface area (Å²) in [5.41, 5.74) is 1.27. The van der Waals surface area contributed by atoms with E-state index in [0.29, 0.717) is 19.6 Å². The first-order valence-corrected chi connectivity index (χ1v) is 11.5. The highest BCUT2D eigenvalue weighted by molar-refractivity contribution is 7.12. The summed E-state index contributed by atoms with van der Waals surface area (Å²) in [6, 6.07) is 14.5. The minimum Gasteiger partial charge on any atom is -0.354 e. The van der Waals surface area contributed by atoms with E-state index in [0.717, 1.165) is 30.8 Å². The first-order valence-electron chi connectivity index (χ1n) is 10.6. The van der Waals surface area contributed by atoms with Gasteiger partial charge in [-0.25, -0.2) is 0 Å². The minimum absolute atomic E-state index is 0.00242. The molecule has 0 saturated carbocycles. The van der Waals surface area contributed by atoms with Crippen molar-refractivity contribution in [2.45, 2.75) is 31.7 Å². The van der Waals surface area contributed by atoms with E-state index in [1.54, 1.807) is 0 Å². The summed E-state index contributed by atoms with van der Waals surface area (Å²) in [5.74, 6) is 0.225. The van der Waals surface area contributed by atoms with Crippen LogP contribution in [-0.4, -0.2) is 54.3 Å². The van der Waals surface area contributed by atoms with Crippen LogP contribution in [0, 0.1) is 5.92 Å². The quantitative estimate of drug-likeness (QED) is 0.791. The first kappa shape index (κ1) is 20.1. The van der Waals surface area contributed by atoms with E-state index in [1.807, 2.05) is 28.5 Å². The Morgan fingerprint density at radius 2 is 1.72 bits per heavy atom. The monoisotopic (exact) mass is 411 g/mol. The topological polar surface area (TPSA) is 52.7 Å². The lowest BCUT2D eigenvalue weighted by Gasteiger charge is -2.32. The molecule has 0 radical (unpaired) electrons. The third-order valence-corrected chi connectivity index (χ3v) is 6.98. The lowest BCUT2D eigenvalue weighted by Crippen LogP contribution is -2.44. The smallest absolute Gasteiger partial charge is 0.263 e. The number of hydrogen-bond donors (Lipinski definition) is 1. The van der Waals surface area contributed by atoms with E-state index in [1.165, 1.54) is 29.7 Å². The molecule has 29 heavy (non-hydrogen) atoms. The predicted molar refractivity (Wildman–Crippen MR) is 116 cm³/mol. The van der Waals surface area contributed by atoms with Crippen molar-refractivity contribution in [1.82, 2.24) is 15.1 Å². The van der Waals surface area contributed by atoms with Gasteiger partial charge in [-0.2, -0.15) is 0 Å². The van der Waals surface area contributed by atoms with Gasteiger partial charge in [-0.15, -0.1) is 11.3 Å². The first-order chi connectivity index (χ1) is 14.2. The van der Waals surface area contributed by atoms with E-state index in [9.17, 15) is 9.59 Å².